The number of hydrogen-bond donors (Lipinski definition) is 1. The maximum atomic E-state index is 5.77. The fourth-order valence-electron chi connectivity index (χ4n) is 1.64. The molecule has 0 unspecified atom stereocenters. The van der Waals surface area contributed by atoms with Crippen molar-refractivity contribution >= 4 is 0 Å². The van der Waals surface area contributed by atoms with Crippen LogP contribution >= 0.6 is 0 Å². The number of hydrogen-bond acceptors (Lipinski definition) is 2. The molecule has 72 valence electrons. The summed E-state index contributed by atoms with van der Waals surface area (Å²) in [6.07, 6.45) is 5.23. The molecule has 1 heterocycles. The van der Waals surface area contributed by atoms with Gasteiger partial charge in [-0.05, 0) is 17.9 Å². The van der Waals surface area contributed by atoms with Gasteiger partial charge in [0, 0.05) is 24.7 Å². The lowest BCUT2D eigenvalue weighted by atomic mass is 10.2. The molecule has 3 nitrogen and oxygen atoms in total. The van der Waals surface area contributed by atoms with Crippen LogP contribution in [-0.2, 0) is 6.54 Å². The number of nitrogens with zero attached hydrogens (tertiary/aromatic N) is 2. The summed E-state index contributed by atoms with van der Waals surface area (Å²) in [4.78, 5) is 0. The summed E-state index contributed by atoms with van der Waals surface area (Å²) in [5.74, 6) is 1.24. The zero-order chi connectivity index (χ0) is 9.42. The van der Waals surface area contributed by atoms with Crippen molar-refractivity contribution in [1.82, 2.24) is 9.78 Å². The fourth-order valence-corrected chi connectivity index (χ4v) is 1.64. The lowest BCUT2D eigenvalue weighted by molar-refractivity contribution is 0.483. The second-order valence-electron chi connectivity index (χ2n) is 4.40. The van der Waals surface area contributed by atoms with Crippen molar-refractivity contribution in [2.45, 2.75) is 38.8 Å². The summed E-state index contributed by atoms with van der Waals surface area (Å²) in [7, 11) is 0. The van der Waals surface area contributed by atoms with Gasteiger partial charge in [-0.3, -0.25) is 4.68 Å². The lowest BCUT2D eigenvalue weighted by Crippen LogP contribution is -2.04. The molecule has 0 aliphatic heterocycles. The fraction of sp³-hybridized carbons (Fsp3) is 0.700. The highest BCUT2D eigenvalue weighted by Gasteiger charge is 2.35. The van der Waals surface area contributed by atoms with Gasteiger partial charge in [0.1, 0.15) is 0 Å². The van der Waals surface area contributed by atoms with Crippen molar-refractivity contribution in [1.29, 1.82) is 0 Å². The summed E-state index contributed by atoms with van der Waals surface area (Å²) in [6, 6.07) is 0.386. The Balaban J connectivity index is 2.01. The Hall–Kier alpha value is -0.830. The number of nitrogens with two attached hydrogens (primary N) is 1. The summed E-state index contributed by atoms with van der Waals surface area (Å²) in [5.41, 5.74) is 7.09. The normalized spacial score (nSPS) is 26.8. The van der Waals surface area contributed by atoms with Crippen LogP contribution in [0, 0.1) is 5.92 Å². The van der Waals surface area contributed by atoms with E-state index in [1.165, 1.54) is 5.56 Å². The van der Waals surface area contributed by atoms with E-state index in [0.29, 0.717) is 17.9 Å². The molecule has 1 saturated carbocycles. The maximum Gasteiger partial charge on any atom is 0.0525 e. The van der Waals surface area contributed by atoms with Gasteiger partial charge < -0.3 is 5.73 Å². The van der Waals surface area contributed by atoms with Crippen LogP contribution in [0.1, 0.15) is 31.7 Å². The van der Waals surface area contributed by atoms with Crippen molar-refractivity contribution in [3.63, 3.8) is 0 Å². The average Bonchev–Trinajstić information content (AvgIpc) is 2.60. The first-order chi connectivity index (χ1) is 6.16. The minimum absolute atomic E-state index is 0.386. The first kappa shape index (κ1) is 8.75. The minimum Gasteiger partial charge on any atom is -0.327 e. The Kier molecular flexibility index (Phi) is 2.12. The van der Waals surface area contributed by atoms with Crippen LogP contribution in [0.4, 0.5) is 0 Å². The first-order valence-corrected chi connectivity index (χ1v) is 4.94. The molecule has 2 atom stereocenters. The van der Waals surface area contributed by atoms with Crippen LogP contribution in [0.5, 0.6) is 0 Å². The summed E-state index contributed by atoms with van der Waals surface area (Å²) < 4.78 is 2.02. The largest absolute Gasteiger partial charge is 0.327 e. The van der Waals surface area contributed by atoms with Gasteiger partial charge in [0.15, 0.2) is 0 Å². The Bertz CT molecular complexity index is 290. The van der Waals surface area contributed by atoms with Gasteiger partial charge in [0.05, 0.1) is 6.20 Å². The predicted octanol–water partition coefficient (Wildman–Crippen LogP) is 1.35. The van der Waals surface area contributed by atoms with Crippen LogP contribution in [0.25, 0.3) is 0 Å². The molecule has 0 saturated heterocycles. The minimum atomic E-state index is 0.386. The van der Waals surface area contributed by atoms with E-state index in [9.17, 15) is 0 Å². The highest BCUT2D eigenvalue weighted by molar-refractivity contribution is 5.22. The van der Waals surface area contributed by atoms with E-state index in [1.807, 2.05) is 10.9 Å². The van der Waals surface area contributed by atoms with Gasteiger partial charge in [-0.15, -0.1) is 0 Å². The third-order valence-corrected chi connectivity index (χ3v) is 2.47. The Morgan fingerprint density at radius 3 is 2.92 bits per heavy atom. The topological polar surface area (TPSA) is 43.8 Å². The van der Waals surface area contributed by atoms with E-state index in [1.54, 1.807) is 0 Å². The van der Waals surface area contributed by atoms with Crippen LogP contribution in [0.2, 0.25) is 0 Å². The molecular formula is C10H17N3. The molecule has 0 radical (unpaired) electrons. The summed E-state index contributed by atoms with van der Waals surface area (Å²) in [5, 5.41) is 4.31. The molecule has 2 N–H and O–H groups in total. The lowest BCUT2D eigenvalue weighted by Gasteiger charge is -2.03. The quantitative estimate of drug-likeness (QED) is 0.761. The maximum absolute atomic E-state index is 5.77. The van der Waals surface area contributed by atoms with Crippen LogP contribution in [0.3, 0.4) is 0 Å². The van der Waals surface area contributed by atoms with Gasteiger partial charge in [-0.1, -0.05) is 13.8 Å². The molecule has 1 fully saturated rings. The molecule has 1 aromatic rings. The first-order valence-electron chi connectivity index (χ1n) is 4.94. The van der Waals surface area contributed by atoms with Gasteiger partial charge in [-0.2, -0.15) is 5.10 Å². The SMILES string of the molecule is CC(C)Cn1cc([C@@H]2C[C@H]2N)cn1. The third kappa shape index (κ3) is 1.91. The van der Waals surface area contributed by atoms with E-state index in [-0.39, 0.29) is 0 Å². The van der Waals surface area contributed by atoms with Crippen molar-refractivity contribution in [3.05, 3.63) is 18.0 Å². The zero-order valence-corrected chi connectivity index (χ0v) is 8.27. The van der Waals surface area contributed by atoms with Crippen molar-refractivity contribution < 1.29 is 0 Å². The summed E-state index contributed by atoms with van der Waals surface area (Å²) >= 11 is 0. The second-order valence-corrected chi connectivity index (χ2v) is 4.40. The molecule has 2 rings (SSSR count). The van der Waals surface area contributed by atoms with Gasteiger partial charge >= 0.3 is 0 Å². The predicted molar refractivity (Wildman–Crippen MR) is 52.4 cm³/mol. The Morgan fingerprint density at radius 2 is 2.38 bits per heavy atom. The monoisotopic (exact) mass is 179 g/mol. The molecular weight excluding hydrogens is 162 g/mol. The van der Waals surface area contributed by atoms with E-state index >= 15 is 0 Å². The molecule has 1 aliphatic carbocycles. The molecule has 0 bridgehead atoms. The van der Waals surface area contributed by atoms with Crippen LogP contribution in [0.15, 0.2) is 12.4 Å². The number of aromatic nitrogens is 2. The summed E-state index contributed by atoms with van der Waals surface area (Å²) in [6.45, 7) is 5.40. The third-order valence-electron chi connectivity index (χ3n) is 2.47. The molecule has 1 aromatic heterocycles. The van der Waals surface area contributed by atoms with E-state index in [2.05, 4.69) is 25.1 Å². The second kappa shape index (κ2) is 3.14. The molecule has 13 heavy (non-hydrogen) atoms. The molecule has 0 spiro atoms. The van der Waals surface area contributed by atoms with Crippen LogP contribution < -0.4 is 5.73 Å². The average molecular weight is 179 g/mol. The van der Waals surface area contributed by atoms with Crippen molar-refractivity contribution in [2.75, 3.05) is 0 Å². The number of rotatable bonds is 3. The van der Waals surface area contributed by atoms with Gasteiger partial charge in [0.25, 0.3) is 0 Å². The molecule has 1 aliphatic rings. The van der Waals surface area contributed by atoms with Gasteiger partial charge in [0.2, 0.25) is 0 Å². The van der Waals surface area contributed by atoms with E-state index < -0.39 is 0 Å². The molecule has 0 amide bonds. The molecule has 0 aromatic carbocycles. The highest BCUT2D eigenvalue weighted by atomic mass is 15.3. The van der Waals surface area contributed by atoms with Crippen molar-refractivity contribution in [2.24, 2.45) is 11.7 Å². The Labute approximate surface area is 78.9 Å². The van der Waals surface area contributed by atoms with E-state index in [0.717, 1.165) is 13.0 Å². The van der Waals surface area contributed by atoms with Crippen molar-refractivity contribution in [3.8, 4) is 0 Å². The van der Waals surface area contributed by atoms with Gasteiger partial charge in [-0.25, -0.2) is 0 Å². The standard InChI is InChI=1S/C10H17N3/c1-7(2)5-13-6-8(4-12-13)9-3-10(9)11/h4,6-7,9-10H,3,5,11H2,1-2H3/t9-,10+/m0/s1. The van der Waals surface area contributed by atoms with Crippen LogP contribution in [-0.4, -0.2) is 15.8 Å². The van der Waals surface area contributed by atoms with E-state index in [4.69, 9.17) is 5.73 Å². The molecule has 3 heteroatoms. The highest BCUT2D eigenvalue weighted by Crippen LogP contribution is 2.38. The smallest absolute Gasteiger partial charge is 0.0525 e. The Morgan fingerprint density at radius 1 is 1.69 bits per heavy atom. The zero-order valence-electron chi connectivity index (χ0n) is 8.27.